The van der Waals surface area contributed by atoms with Crippen molar-refractivity contribution in [3.63, 3.8) is 0 Å². The predicted molar refractivity (Wildman–Crippen MR) is 210 cm³/mol. The Kier molecular flexibility index (Phi) is 31.8. The van der Waals surface area contributed by atoms with E-state index < -0.39 is 55.4 Å². The average molecular weight is 753 g/mol. The summed E-state index contributed by atoms with van der Waals surface area (Å²) in [7, 11) is 0. The van der Waals surface area contributed by atoms with Gasteiger partial charge in [-0.15, -0.1) is 0 Å². The monoisotopic (exact) mass is 753 g/mol. The molecule has 1 aliphatic rings. The van der Waals surface area contributed by atoms with E-state index in [1.165, 1.54) is 51.4 Å². The summed E-state index contributed by atoms with van der Waals surface area (Å²) in [4.78, 5) is 25.2. The van der Waals surface area contributed by atoms with Gasteiger partial charge in [0, 0.05) is 12.8 Å². The number of allylic oxidation sites excluding steroid dienone is 6. The Morgan fingerprint density at radius 1 is 0.585 bits per heavy atom. The molecule has 0 unspecified atom stereocenters. The van der Waals surface area contributed by atoms with Gasteiger partial charge >= 0.3 is 11.9 Å². The van der Waals surface area contributed by atoms with Crippen LogP contribution in [-0.2, 0) is 28.5 Å². The van der Waals surface area contributed by atoms with Gasteiger partial charge in [-0.1, -0.05) is 121 Å². The van der Waals surface area contributed by atoms with Gasteiger partial charge in [0.1, 0.15) is 31.0 Å². The lowest BCUT2D eigenvalue weighted by molar-refractivity contribution is -0.305. The van der Waals surface area contributed by atoms with Gasteiger partial charge in [-0.3, -0.25) is 9.59 Å². The molecule has 53 heavy (non-hydrogen) atoms. The van der Waals surface area contributed by atoms with Gasteiger partial charge in [-0.05, 0) is 70.6 Å². The van der Waals surface area contributed by atoms with Crippen molar-refractivity contribution in [3.05, 3.63) is 36.5 Å². The summed E-state index contributed by atoms with van der Waals surface area (Å²) in [5.41, 5.74) is 0. The van der Waals surface area contributed by atoms with Crippen LogP contribution < -0.4 is 0 Å². The van der Waals surface area contributed by atoms with Crippen molar-refractivity contribution in [1.82, 2.24) is 0 Å². The van der Waals surface area contributed by atoms with Gasteiger partial charge in [0.15, 0.2) is 12.4 Å². The van der Waals surface area contributed by atoms with E-state index in [9.17, 15) is 30.0 Å². The first kappa shape index (κ1) is 48.9. The van der Waals surface area contributed by atoms with Crippen LogP contribution in [0.2, 0.25) is 0 Å². The summed E-state index contributed by atoms with van der Waals surface area (Å²) in [5.74, 6) is -0.834. The molecule has 1 aliphatic heterocycles. The normalized spacial score (nSPS) is 21.2. The minimum Gasteiger partial charge on any atom is -0.462 e. The van der Waals surface area contributed by atoms with Crippen molar-refractivity contribution in [2.75, 3.05) is 19.8 Å². The van der Waals surface area contributed by atoms with Crippen LogP contribution >= 0.6 is 0 Å². The lowest BCUT2D eigenvalue weighted by Crippen LogP contribution is -2.59. The van der Waals surface area contributed by atoms with E-state index in [4.69, 9.17) is 18.9 Å². The molecule has 10 heteroatoms. The first-order valence-electron chi connectivity index (χ1n) is 21.1. The van der Waals surface area contributed by atoms with E-state index in [1.54, 1.807) is 0 Å². The highest BCUT2D eigenvalue weighted by atomic mass is 16.7. The maximum absolute atomic E-state index is 12.7. The number of unbranched alkanes of at least 4 members (excludes halogenated alkanes) is 17. The molecule has 0 aromatic rings. The number of hydrogen-bond acceptors (Lipinski definition) is 10. The third-order valence-corrected chi connectivity index (χ3v) is 9.50. The van der Waals surface area contributed by atoms with Gasteiger partial charge < -0.3 is 39.4 Å². The Hall–Kier alpha value is -2.08. The fraction of sp³-hybridized carbons (Fsp3) is 0.814. The van der Waals surface area contributed by atoms with Crippen molar-refractivity contribution in [1.29, 1.82) is 0 Å². The molecule has 1 rings (SSSR count). The highest BCUT2D eigenvalue weighted by Gasteiger charge is 2.44. The Bertz CT molecular complexity index is 965. The van der Waals surface area contributed by atoms with E-state index in [0.717, 1.165) is 77.0 Å². The summed E-state index contributed by atoms with van der Waals surface area (Å²) in [6, 6.07) is 0. The molecular formula is C43H76O10. The second-order valence-corrected chi connectivity index (χ2v) is 14.4. The molecular weight excluding hydrogens is 676 g/mol. The molecule has 308 valence electrons. The largest absolute Gasteiger partial charge is 0.462 e. The number of carbonyl (C=O) groups is 2. The van der Waals surface area contributed by atoms with Gasteiger partial charge in [0.25, 0.3) is 0 Å². The maximum Gasteiger partial charge on any atom is 0.306 e. The molecule has 0 radical (unpaired) electrons. The molecule has 0 saturated carbocycles. The Labute approximate surface area is 321 Å². The first-order chi connectivity index (χ1) is 25.8. The van der Waals surface area contributed by atoms with Crippen LogP contribution in [0.5, 0.6) is 0 Å². The van der Waals surface area contributed by atoms with Crippen LogP contribution in [0.4, 0.5) is 0 Å². The van der Waals surface area contributed by atoms with E-state index in [-0.39, 0.29) is 26.1 Å². The van der Waals surface area contributed by atoms with E-state index >= 15 is 0 Å². The molecule has 0 bridgehead atoms. The second-order valence-electron chi connectivity index (χ2n) is 14.4. The van der Waals surface area contributed by atoms with Gasteiger partial charge in [-0.2, -0.15) is 0 Å². The van der Waals surface area contributed by atoms with E-state index in [0.29, 0.717) is 12.8 Å². The summed E-state index contributed by atoms with van der Waals surface area (Å²) in [6.07, 6.45) is 30.0. The van der Waals surface area contributed by atoms with E-state index in [2.05, 4.69) is 50.3 Å². The zero-order valence-corrected chi connectivity index (χ0v) is 33.3. The fourth-order valence-electron chi connectivity index (χ4n) is 6.09. The number of ether oxygens (including phenoxy) is 4. The number of carbonyl (C=O) groups excluding carboxylic acids is 2. The molecule has 0 aromatic carbocycles. The standard InChI is InChI=1S/C43H76O10/c1-3-5-7-9-11-13-15-17-18-20-22-24-26-28-30-32-39(46)52-36(35-51-43-42(49)41(48)40(47)37(33-44)53-43)34-50-38(45)31-29-27-25-23-21-19-16-14-12-10-8-6-4-2/h11,13-14,16-18,36-37,40-44,47-49H,3-10,12,15,19-35H2,1-2H3/b13-11+,16-14+,18-17+/t36-,37-,40+,41+,42-,43-/m1/s1. The van der Waals surface area contributed by atoms with Crippen LogP contribution in [-0.4, -0.2) is 89.0 Å². The van der Waals surface area contributed by atoms with Gasteiger partial charge in [0.05, 0.1) is 13.2 Å². The van der Waals surface area contributed by atoms with E-state index in [1.807, 2.05) is 0 Å². The van der Waals surface area contributed by atoms with Crippen molar-refractivity contribution in [3.8, 4) is 0 Å². The van der Waals surface area contributed by atoms with Crippen LogP contribution in [0.15, 0.2) is 36.5 Å². The summed E-state index contributed by atoms with van der Waals surface area (Å²) >= 11 is 0. The van der Waals surface area contributed by atoms with Crippen LogP contribution in [0.3, 0.4) is 0 Å². The molecule has 10 nitrogen and oxygen atoms in total. The number of rotatable bonds is 34. The zero-order chi connectivity index (χ0) is 38.8. The quantitative estimate of drug-likeness (QED) is 0.0287. The fourth-order valence-corrected chi connectivity index (χ4v) is 6.09. The van der Waals surface area contributed by atoms with Crippen molar-refractivity contribution < 1.29 is 49.0 Å². The topological polar surface area (TPSA) is 152 Å². The summed E-state index contributed by atoms with van der Waals surface area (Å²) < 4.78 is 22.1. The zero-order valence-electron chi connectivity index (χ0n) is 33.3. The summed E-state index contributed by atoms with van der Waals surface area (Å²) in [5, 5.41) is 40.0. The summed E-state index contributed by atoms with van der Waals surface area (Å²) in [6.45, 7) is 3.34. The highest BCUT2D eigenvalue weighted by molar-refractivity contribution is 5.70. The molecule has 0 aromatic heterocycles. The van der Waals surface area contributed by atoms with Crippen molar-refractivity contribution in [2.45, 2.75) is 205 Å². The maximum atomic E-state index is 12.7. The number of hydrogen-bond donors (Lipinski definition) is 4. The van der Waals surface area contributed by atoms with Crippen LogP contribution in [0.1, 0.15) is 168 Å². The Morgan fingerprint density at radius 3 is 1.62 bits per heavy atom. The Morgan fingerprint density at radius 2 is 1.06 bits per heavy atom. The number of aliphatic hydroxyl groups excluding tert-OH is 4. The molecule has 4 N–H and O–H groups in total. The molecule has 1 heterocycles. The Balaban J connectivity index is 2.38. The molecule has 1 saturated heterocycles. The lowest BCUT2D eigenvalue weighted by atomic mass is 9.99. The highest BCUT2D eigenvalue weighted by Crippen LogP contribution is 2.22. The molecule has 0 amide bonds. The predicted octanol–water partition coefficient (Wildman–Crippen LogP) is 8.33. The lowest BCUT2D eigenvalue weighted by Gasteiger charge is -2.39. The van der Waals surface area contributed by atoms with Crippen molar-refractivity contribution in [2.24, 2.45) is 0 Å². The van der Waals surface area contributed by atoms with Crippen molar-refractivity contribution >= 4 is 11.9 Å². The molecule has 0 aliphatic carbocycles. The van der Waals surface area contributed by atoms with Gasteiger partial charge in [0.2, 0.25) is 0 Å². The SMILES string of the molecule is CCCCC/C=C/C/C=C/CCCCCCCC(=O)O[C@H](COC(=O)CCCCCCC/C=C/CCCCCC)CO[C@@H]1O[C@H](CO)[C@H](O)[C@H](O)[C@H]1O. The average Bonchev–Trinajstić information content (AvgIpc) is 3.15. The number of aliphatic hydroxyl groups is 4. The minimum absolute atomic E-state index is 0.212. The van der Waals surface area contributed by atoms with Gasteiger partial charge in [-0.25, -0.2) is 0 Å². The third kappa shape index (κ3) is 26.4. The van der Waals surface area contributed by atoms with Crippen LogP contribution in [0, 0.1) is 0 Å². The second kappa shape index (κ2) is 34.4. The first-order valence-corrected chi connectivity index (χ1v) is 21.1. The minimum atomic E-state index is -1.60. The molecule has 6 atom stereocenters. The smallest absolute Gasteiger partial charge is 0.306 e. The van der Waals surface area contributed by atoms with Crippen LogP contribution in [0.25, 0.3) is 0 Å². The molecule has 0 spiro atoms. The molecule has 1 fully saturated rings. The third-order valence-electron chi connectivity index (χ3n) is 9.50. The number of esters is 2.